The van der Waals surface area contributed by atoms with E-state index in [-0.39, 0.29) is 56.0 Å². The summed E-state index contributed by atoms with van der Waals surface area (Å²) < 4.78 is 50.7. The number of carboxylic acids is 1. The summed E-state index contributed by atoms with van der Waals surface area (Å²) in [5.74, 6) is -0.642. The second-order valence-corrected chi connectivity index (χ2v) is 23.8. The minimum absolute atomic E-state index is 0.160. The van der Waals surface area contributed by atoms with Crippen LogP contribution in [0.4, 0.5) is 5.69 Å². The minimum Gasteiger partial charge on any atom is -0.493 e. The van der Waals surface area contributed by atoms with Crippen LogP contribution in [-0.4, -0.2) is 173 Å². The molecule has 1 atom stereocenters. The van der Waals surface area contributed by atoms with Crippen molar-refractivity contribution in [1.82, 2.24) is 43.0 Å². The molecule has 5 aromatic carbocycles. The van der Waals surface area contributed by atoms with Crippen LogP contribution >= 0.6 is 0 Å². The van der Waals surface area contributed by atoms with E-state index in [1.807, 2.05) is 108 Å². The number of ether oxygens (including phenoxy) is 3. The zero-order chi connectivity index (χ0) is 58.1. The molecule has 1 unspecified atom stereocenters. The van der Waals surface area contributed by atoms with Crippen molar-refractivity contribution < 1.29 is 51.7 Å². The average Bonchev–Trinajstić information content (AvgIpc) is 4.29. The number of aromatic carboxylic acids is 1. The van der Waals surface area contributed by atoms with Crippen molar-refractivity contribution in [2.75, 3.05) is 91.1 Å². The number of amides is 4. The third-order valence-electron chi connectivity index (χ3n) is 16.4. The van der Waals surface area contributed by atoms with Crippen LogP contribution in [0.15, 0.2) is 103 Å². The van der Waals surface area contributed by atoms with E-state index < -0.39 is 28.1 Å². The first-order valence-corrected chi connectivity index (χ1v) is 29.5. The number of benzene rings is 5. The lowest BCUT2D eigenvalue weighted by molar-refractivity contribution is -0.137. The minimum atomic E-state index is -3.49. The second-order valence-electron chi connectivity index (χ2n) is 21.6. The Morgan fingerprint density at radius 1 is 0.795 bits per heavy atom. The first kappa shape index (κ1) is 56.5. The van der Waals surface area contributed by atoms with Gasteiger partial charge in [0.15, 0.2) is 6.61 Å². The SMILES string of the molecule is Cc1nn(C)c(COc2ccc(N3CCN(S(=O)(=O)N(C)C)CC3)cc2)c1-c1cccc2c(CCCOc3cccc4ccccc34)c(C(=O)O)n(CCN3CCN(C(=O)COc4ccc5c(c4)C(=O)N(C4CCC(=O)NC4=O)C5)CC3)c12. The standard InChI is InChI=1S/C61H68N10O11S/c1-40-56(52(65(4)63-40)38-81-44-21-18-43(19-22-44)67-30-32-69(33-31-67)83(78,79)64(2)3)49-14-8-13-47-48(15-9-35-80-53-16-7-11-41-10-5-6-12-46(41)53)58(61(76)77)70(57(47)49)34-27-66-25-28-68(29-26-66)55(73)39-82-45-20-17-42-37-71(60(75)50(42)36-45)51-23-24-54(72)62-59(51)74/h5-8,10-14,16-22,36,51H,9,15,23-35,37-39H2,1-4H3,(H,76,77)(H,62,72,74). The van der Waals surface area contributed by atoms with Gasteiger partial charge in [-0.25, -0.2) is 4.79 Å². The van der Waals surface area contributed by atoms with Crippen LogP contribution in [0.25, 0.3) is 32.8 Å². The number of para-hydroxylation sites is 1. The molecule has 3 fully saturated rings. The van der Waals surface area contributed by atoms with E-state index in [9.17, 15) is 37.5 Å². The Hall–Kier alpha value is -8.31. The van der Waals surface area contributed by atoms with Gasteiger partial charge in [-0.3, -0.25) is 34.1 Å². The zero-order valence-electron chi connectivity index (χ0n) is 47.1. The molecule has 2 aromatic heterocycles. The third-order valence-corrected chi connectivity index (χ3v) is 18.3. The molecule has 4 aliphatic heterocycles. The molecule has 11 rings (SSSR count). The molecular formula is C61H68N10O11S. The molecule has 0 bridgehead atoms. The van der Waals surface area contributed by atoms with E-state index in [1.54, 1.807) is 37.2 Å². The lowest BCUT2D eigenvalue weighted by Crippen LogP contribution is -2.52. The number of aryl methyl sites for hydroxylation is 3. The smallest absolute Gasteiger partial charge is 0.352 e. The molecule has 434 valence electrons. The van der Waals surface area contributed by atoms with Crippen LogP contribution in [0.3, 0.4) is 0 Å². The monoisotopic (exact) mass is 1150 g/mol. The van der Waals surface area contributed by atoms with Crippen molar-refractivity contribution in [1.29, 1.82) is 0 Å². The van der Waals surface area contributed by atoms with Gasteiger partial charge in [-0.1, -0.05) is 60.7 Å². The maximum Gasteiger partial charge on any atom is 0.352 e. The highest BCUT2D eigenvalue weighted by Crippen LogP contribution is 2.39. The van der Waals surface area contributed by atoms with E-state index in [0.29, 0.717) is 108 Å². The van der Waals surface area contributed by atoms with Crippen LogP contribution in [0.5, 0.6) is 17.2 Å². The fourth-order valence-electron chi connectivity index (χ4n) is 12.0. The number of aromatic nitrogens is 3. The third kappa shape index (κ3) is 11.6. The number of carbonyl (C=O) groups excluding carboxylic acids is 4. The molecule has 2 N–H and O–H groups in total. The van der Waals surface area contributed by atoms with Crippen molar-refractivity contribution in [3.63, 3.8) is 0 Å². The molecule has 0 radical (unpaired) electrons. The predicted molar refractivity (Wildman–Crippen MR) is 312 cm³/mol. The van der Waals surface area contributed by atoms with Crippen LogP contribution in [0.2, 0.25) is 0 Å². The van der Waals surface area contributed by atoms with Gasteiger partial charge in [-0.05, 0) is 85.2 Å². The molecule has 0 saturated carbocycles. The molecule has 0 spiro atoms. The fraction of sp³-hybridized carbons (Fsp3) is 0.377. The summed E-state index contributed by atoms with van der Waals surface area (Å²) >= 11 is 0. The molecule has 3 saturated heterocycles. The van der Waals surface area contributed by atoms with Gasteiger partial charge in [-0.15, -0.1) is 0 Å². The summed E-state index contributed by atoms with van der Waals surface area (Å²) in [5.41, 5.74) is 7.03. The van der Waals surface area contributed by atoms with Crippen molar-refractivity contribution in [3.8, 4) is 28.4 Å². The van der Waals surface area contributed by atoms with Crippen molar-refractivity contribution >= 4 is 67.2 Å². The number of rotatable bonds is 20. The molecule has 6 heterocycles. The van der Waals surface area contributed by atoms with Crippen molar-refractivity contribution in [2.24, 2.45) is 7.05 Å². The fourth-order valence-corrected chi connectivity index (χ4v) is 13.1. The van der Waals surface area contributed by atoms with Gasteiger partial charge in [0.2, 0.25) is 11.8 Å². The van der Waals surface area contributed by atoms with Crippen LogP contribution in [0.1, 0.15) is 62.6 Å². The number of piperazine rings is 2. The first-order chi connectivity index (χ1) is 40.0. The molecule has 83 heavy (non-hydrogen) atoms. The molecule has 22 heteroatoms. The van der Waals surface area contributed by atoms with E-state index in [1.165, 1.54) is 13.5 Å². The zero-order valence-corrected chi connectivity index (χ0v) is 47.9. The molecular weight excluding hydrogens is 1080 g/mol. The van der Waals surface area contributed by atoms with Crippen LogP contribution < -0.4 is 24.4 Å². The predicted octanol–water partition coefficient (Wildman–Crippen LogP) is 5.70. The van der Waals surface area contributed by atoms with E-state index in [2.05, 4.69) is 15.1 Å². The van der Waals surface area contributed by atoms with E-state index in [4.69, 9.17) is 19.3 Å². The number of carboxylic acid groups (broad SMARTS) is 1. The summed E-state index contributed by atoms with van der Waals surface area (Å²) in [7, 11) is 1.47. The molecule has 4 aliphatic rings. The number of nitrogens with zero attached hydrogens (tertiary/aromatic N) is 9. The average molecular weight is 1150 g/mol. The molecule has 7 aromatic rings. The Balaban J connectivity index is 0.792. The normalized spacial score (nSPS) is 17.2. The topological polar surface area (TPSA) is 222 Å². The Kier molecular flexibility index (Phi) is 16.3. The van der Waals surface area contributed by atoms with Gasteiger partial charge in [0.25, 0.3) is 22.0 Å². The van der Waals surface area contributed by atoms with Gasteiger partial charge >= 0.3 is 5.97 Å². The maximum absolute atomic E-state index is 13.7. The largest absolute Gasteiger partial charge is 0.493 e. The van der Waals surface area contributed by atoms with Gasteiger partial charge in [0.1, 0.15) is 35.6 Å². The Labute approximate surface area is 481 Å². The van der Waals surface area contributed by atoms with Gasteiger partial charge in [-0.2, -0.15) is 22.1 Å². The van der Waals surface area contributed by atoms with Gasteiger partial charge < -0.3 is 38.6 Å². The molecule has 4 amide bonds. The quantitative estimate of drug-likeness (QED) is 0.0691. The van der Waals surface area contributed by atoms with Gasteiger partial charge in [0, 0.05) is 133 Å². The second kappa shape index (κ2) is 23.9. The van der Waals surface area contributed by atoms with Crippen LogP contribution in [-0.2, 0) is 57.8 Å². The molecule has 21 nitrogen and oxygen atoms in total. The number of hydrogen-bond donors (Lipinski definition) is 2. The van der Waals surface area contributed by atoms with Crippen molar-refractivity contribution in [2.45, 2.75) is 58.3 Å². The summed E-state index contributed by atoms with van der Waals surface area (Å²) in [6.07, 6.45) is 1.41. The van der Waals surface area contributed by atoms with E-state index >= 15 is 0 Å². The van der Waals surface area contributed by atoms with Gasteiger partial charge in [0.05, 0.1) is 23.5 Å². The lowest BCUT2D eigenvalue weighted by Gasteiger charge is -2.36. The highest BCUT2D eigenvalue weighted by atomic mass is 32.2. The highest BCUT2D eigenvalue weighted by molar-refractivity contribution is 7.86. The van der Waals surface area contributed by atoms with E-state index in [0.717, 1.165) is 61.2 Å². The van der Waals surface area contributed by atoms with Crippen LogP contribution in [0, 0.1) is 6.92 Å². The number of hydrogen-bond acceptors (Lipinski definition) is 13. The summed E-state index contributed by atoms with van der Waals surface area (Å²) in [5, 5.41) is 21.3. The number of carbonyl (C=O) groups is 5. The Bertz CT molecular complexity index is 3750. The number of imide groups is 1. The first-order valence-electron chi connectivity index (χ1n) is 28.1. The summed E-state index contributed by atoms with van der Waals surface area (Å²) in [6, 6.07) is 32.1. The number of piperidine rings is 1. The van der Waals surface area contributed by atoms with Crippen molar-refractivity contribution in [3.05, 3.63) is 137 Å². The Morgan fingerprint density at radius 2 is 1.52 bits per heavy atom. The Morgan fingerprint density at radius 3 is 2.27 bits per heavy atom. The number of anilines is 1. The highest BCUT2D eigenvalue weighted by Gasteiger charge is 2.39. The summed E-state index contributed by atoms with van der Waals surface area (Å²) in [6.45, 7) is 7.16. The maximum atomic E-state index is 13.7. The number of nitrogens with one attached hydrogen (secondary N) is 1. The molecule has 0 aliphatic carbocycles. The number of fused-ring (bicyclic) bond motifs is 3. The summed E-state index contributed by atoms with van der Waals surface area (Å²) in [4.78, 5) is 72.6. The lowest BCUT2D eigenvalue weighted by atomic mass is 9.98.